The van der Waals surface area contributed by atoms with Crippen molar-refractivity contribution in [2.24, 2.45) is 0 Å². The summed E-state index contributed by atoms with van der Waals surface area (Å²) in [5.41, 5.74) is 2.83. The maximum atomic E-state index is 13.7. The van der Waals surface area contributed by atoms with Crippen molar-refractivity contribution in [1.82, 2.24) is 19.8 Å². The van der Waals surface area contributed by atoms with Crippen molar-refractivity contribution in [2.75, 3.05) is 44.7 Å². The van der Waals surface area contributed by atoms with Crippen molar-refractivity contribution >= 4 is 28.4 Å². The number of nitriles is 1. The lowest BCUT2D eigenvalue weighted by Crippen LogP contribution is -2.44. The summed E-state index contributed by atoms with van der Waals surface area (Å²) in [7, 11) is 2.11. The molecule has 0 N–H and O–H groups in total. The van der Waals surface area contributed by atoms with Gasteiger partial charge in [0.25, 0.3) is 5.92 Å². The lowest BCUT2D eigenvalue weighted by atomic mass is 9.98. The Bertz CT molecular complexity index is 1400. The number of hydrogen-bond acceptors (Lipinski definition) is 7. The molecule has 196 valence electrons. The van der Waals surface area contributed by atoms with E-state index in [0.717, 1.165) is 48.0 Å². The minimum absolute atomic E-state index is 0.149. The molecule has 8 nitrogen and oxygen atoms in total. The molecule has 0 radical (unpaired) electrons. The van der Waals surface area contributed by atoms with E-state index in [2.05, 4.69) is 26.8 Å². The van der Waals surface area contributed by atoms with Crippen LogP contribution in [0.5, 0.6) is 0 Å². The van der Waals surface area contributed by atoms with E-state index in [4.69, 9.17) is 5.26 Å². The Morgan fingerprint density at radius 3 is 2.53 bits per heavy atom. The third-order valence-electron chi connectivity index (χ3n) is 7.26. The molecule has 10 heteroatoms. The van der Waals surface area contributed by atoms with E-state index in [1.807, 2.05) is 36.5 Å². The minimum Gasteiger partial charge on any atom is -0.354 e. The number of nitrogens with zero attached hydrogens (tertiary/aromatic N) is 6. The number of halogens is 2. The summed E-state index contributed by atoms with van der Waals surface area (Å²) >= 11 is 0. The number of likely N-dealkylation sites (tertiary alicyclic amines) is 1. The van der Waals surface area contributed by atoms with Crippen molar-refractivity contribution < 1.29 is 18.4 Å². The predicted octanol–water partition coefficient (Wildman–Crippen LogP) is 3.77. The van der Waals surface area contributed by atoms with E-state index >= 15 is 0 Å². The summed E-state index contributed by atoms with van der Waals surface area (Å²) in [4.78, 5) is 40.1. The van der Waals surface area contributed by atoms with Gasteiger partial charge in [-0.15, -0.1) is 0 Å². The van der Waals surface area contributed by atoms with Gasteiger partial charge in [0, 0.05) is 74.3 Å². The molecule has 0 aliphatic carbocycles. The fraction of sp³-hybridized carbons (Fsp3) is 0.393. The van der Waals surface area contributed by atoms with Crippen LogP contribution < -0.4 is 4.90 Å². The van der Waals surface area contributed by atoms with Crippen LogP contribution in [0.3, 0.4) is 0 Å². The van der Waals surface area contributed by atoms with Crippen molar-refractivity contribution in [3.8, 4) is 17.2 Å². The smallest absolute Gasteiger partial charge is 0.268 e. The molecule has 0 saturated carbocycles. The summed E-state index contributed by atoms with van der Waals surface area (Å²) in [6.07, 6.45) is 2.29. The number of carbonyl (C=O) groups is 2. The van der Waals surface area contributed by atoms with Crippen LogP contribution in [0.2, 0.25) is 0 Å². The predicted molar refractivity (Wildman–Crippen MR) is 139 cm³/mol. The van der Waals surface area contributed by atoms with E-state index in [1.54, 1.807) is 12.1 Å². The van der Waals surface area contributed by atoms with Crippen LogP contribution in [-0.4, -0.2) is 83.2 Å². The Morgan fingerprint density at radius 2 is 1.82 bits per heavy atom. The normalized spacial score (nSPS) is 19.5. The van der Waals surface area contributed by atoms with E-state index in [1.165, 1.54) is 6.20 Å². The first-order chi connectivity index (χ1) is 18.2. The standard InChI is InChI=1S/C28H28F2N6O2/c1-34-10-12-35(13-11-34)26-6-3-20(17-33-26)19-2-4-24-23(14-19)22(8-9-32-24)25(37)5-7-27(38)36-18-28(29,30)15-21(36)16-31/h2-4,6,8-9,14,17,21H,5,7,10-13,15,18H2,1H3/t21-/m0/s1. The van der Waals surface area contributed by atoms with Crippen LogP contribution in [0.15, 0.2) is 48.8 Å². The van der Waals surface area contributed by atoms with Gasteiger partial charge in [-0.25, -0.2) is 13.8 Å². The van der Waals surface area contributed by atoms with Crippen LogP contribution in [0.25, 0.3) is 22.0 Å². The number of aromatic nitrogens is 2. The molecule has 0 bridgehead atoms. The van der Waals surface area contributed by atoms with Gasteiger partial charge in [0.05, 0.1) is 18.1 Å². The number of likely N-dealkylation sites (N-methyl/N-ethyl adjacent to an activating group) is 1. The van der Waals surface area contributed by atoms with Crippen LogP contribution in [0.4, 0.5) is 14.6 Å². The van der Waals surface area contributed by atoms with E-state index in [9.17, 15) is 18.4 Å². The second kappa shape index (κ2) is 10.4. The first kappa shape index (κ1) is 25.7. The van der Waals surface area contributed by atoms with Gasteiger partial charge in [0.2, 0.25) is 5.91 Å². The molecule has 2 aliphatic rings. The molecule has 4 heterocycles. The molecule has 38 heavy (non-hydrogen) atoms. The number of alkyl halides is 2. The number of ketones is 1. The third-order valence-corrected chi connectivity index (χ3v) is 7.26. The van der Waals surface area contributed by atoms with Crippen LogP contribution >= 0.6 is 0 Å². The molecular weight excluding hydrogens is 490 g/mol. The SMILES string of the molecule is CN1CCN(c2ccc(-c3ccc4nccc(C(=O)CCC(=O)N5CC(F)(F)C[C@H]5C#N)c4c3)cn2)CC1. The molecule has 0 spiro atoms. The Balaban J connectivity index is 1.31. The summed E-state index contributed by atoms with van der Waals surface area (Å²) < 4.78 is 27.4. The second-order valence-corrected chi connectivity index (χ2v) is 9.94. The highest BCUT2D eigenvalue weighted by Gasteiger charge is 2.47. The zero-order chi connectivity index (χ0) is 26.9. The molecule has 3 aromatic rings. The number of piperazine rings is 1. The Morgan fingerprint density at radius 1 is 1.05 bits per heavy atom. The molecule has 2 aliphatic heterocycles. The number of hydrogen-bond donors (Lipinski definition) is 0. The van der Waals surface area contributed by atoms with Gasteiger partial charge >= 0.3 is 0 Å². The summed E-state index contributed by atoms with van der Waals surface area (Å²) in [5, 5.41) is 9.79. The number of carbonyl (C=O) groups excluding carboxylic acids is 2. The first-order valence-corrected chi connectivity index (χ1v) is 12.6. The lowest BCUT2D eigenvalue weighted by molar-refractivity contribution is -0.132. The average molecular weight is 519 g/mol. The number of anilines is 1. The van der Waals surface area contributed by atoms with Gasteiger partial charge in [0.1, 0.15) is 11.9 Å². The van der Waals surface area contributed by atoms with E-state index in [0.29, 0.717) is 16.5 Å². The second-order valence-electron chi connectivity index (χ2n) is 9.94. The lowest BCUT2D eigenvalue weighted by Gasteiger charge is -2.33. The Hall–Kier alpha value is -3.97. The van der Waals surface area contributed by atoms with Crippen molar-refractivity contribution in [3.63, 3.8) is 0 Å². The molecule has 2 saturated heterocycles. The number of fused-ring (bicyclic) bond motifs is 1. The van der Waals surface area contributed by atoms with Crippen molar-refractivity contribution in [1.29, 1.82) is 5.26 Å². The highest BCUT2D eigenvalue weighted by atomic mass is 19.3. The molecular formula is C28H28F2N6O2. The average Bonchev–Trinajstić information content (AvgIpc) is 3.26. The van der Waals surface area contributed by atoms with Gasteiger partial charge in [-0.1, -0.05) is 6.07 Å². The molecule has 2 aromatic heterocycles. The Kier molecular flexibility index (Phi) is 7.04. The summed E-state index contributed by atoms with van der Waals surface area (Å²) in [6, 6.07) is 11.9. The van der Waals surface area contributed by atoms with Gasteiger partial charge < -0.3 is 14.7 Å². The van der Waals surface area contributed by atoms with Crippen molar-refractivity contribution in [3.05, 3.63) is 54.4 Å². The van der Waals surface area contributed by atoms with E-state index < -0.39 is 30.8 Å². The monoisotopic (exact) mass is 518 g/mol. The van der Waals surface area contributed by atoms with Crippen LogP contribution in [-0.2, 0) is 4.79 Å². The zero-order valence-corrected chi connectivity index (χ0v) is 21.1. The molecule has 5 rings (SSSR count). The van der Waals surface area contributed by atoms with Crippen LogP contribution in [0.1, 0.15) is 29.6 Å². The van der Waals surface area contributed by atoms with E-state index in [-0.39, 0.29) is 18.6 Å². The highest BCUT2D eigenvalue weighted by molar-refractivity contribution is 6.08. The topological polar surface area (TPSA) is 93.4 Å². The third kappa shape index (κ3) is 5.34. The molecule has 1 atom stereocenters. The first-order valence-electron chi connectivity index (χ1n) is 12.6. The van der Waals surface area contributed by atoms with Crippen molar-refractivity contribution in [2.45, 2.75) is 31.2 Å². The van der Waals surface area contributed by atoms with Crippen LogP contribution in [0, 0.1) is 11.3 Å². The fourth-order valence-corrected chi connectivity index (χ4v) is 5.04. The van der Waals surface area contributed by atoms with Gasteiger partial charge in [-0.2, -0.15) is 5.26 Å². The van der Waals surface area contributed by atoms with Gasteiger partial charge in [0.15, 0.2) is 5.78 Å². The minimum atomic E-state index is -3.09. The number of Topliss-reactive ketones (excluding diaryl/α,β-unsaturated/α-hetero) is 1. The van der Waals surface area contributed by atoms with Gasteiger partial charge in [-0.3, -0.25) is 14.6 Å². The summed E-state index contributed by atoms with van der Waals surface area (Å²) in [6.45, 7) is 3.05. The number of benzene rings is 1. The Labute approximate surface area is 219 Å². The quantitative estimate of drug-likeness (QED) is 0.459. The maximum Gasteiger partial charge on any atom is 0.268 e. The maximum absolute atomic E-state index is 13.7. The molecule has 1 amide bonds. The highest BCUT2D eigenvalue weighted by Crippen LogP contribution is 2.32. The van der Waals surface area contributed by atoms with Gasteiger partial charge in [-0.05, 0) is 42.9 Å². The summed E-state index contributed by atoms with van der Waals surface area (Å²) in [5.74, 6) is -3.06. The zero-order valence-electron chi connectivity index (χ0n) is 21.1. The molecule has 2 fully saturated rings. The largest absolute Gasteiger partial charge is 0.354 e. The number of pyridine rings is 2. The number of amides is 1. The molecule has 1 aromatic carbocycles. The molecule has 0 unspecified atom stereocenters. The number of rotatable bonds is 6. The fourth-order valence-electron chi connectivity index (χ4n) is 5.04.